The lowest BCUT2D eigenvalue weighted by atomic mass is 9.71. The standard InChI is InChI=1S/C22H15Cl2F3N4O4/c1-9-17(31(33)34)18(35-30-9)16-15(10-6-7-12(23)13(24)8-10)19(22(25,26)27)29-21(16)11-4-2-3-5-14(11)28-20(21)32/h2-8,15-16,19,29H,1H3,(H,28,32)/t15-,16+,19-,21-/m1/s1. The molecule has 13 heteroatoms. The van der Waals surface area contributed by atoms with Crippen molar-refractivity contribution in [3.8, 4) is 0 Å². The molecule has 3 heterocycles. The fourth-order valence-electron chi connectivity index (χ4n) is 5.18. The third-order valence-corrected chi connectivity index (χ3v) is 7.27. The van der Waals surface area contributed by atoms with E-state index < -0.39 is 51.9 Å². The number of benzene rings is 2. The van der Waals surface area contributed by atoms with E-state index in [0.29, 0.717) is 0 Å². The van der Waals surface area contributed by atoms with Crippen molar-refractivity contribution in [2.75, 3.05) is 5.32 Å². The highest BCUT2D eigenvalue weighted by Gasteiger charge is 2.69. The number of rotatable bonds is 3. The number of halogens is 5. The van der Waals surface area contributed by atoms with Crippen LogP contribution in [0.15, 0.2) is 47.0 Å². The van der Waals surface area contributed by atoms with Crippen LogP contribution in [-0.4, -0.2) is 28.2 Å². The van der Waals surface area contributed by atoms with Crippen LogP contribution in [-0.2, 0) is 10.3 Å². The molecule has 2 aromatic carbocycles. The predicted octanol–water partition coefficient (Wildman–Crippen LogP) is 5.45. The fraction of sp³-hybridized carbons (Fsp3) is 0.273. The quantitative estimate of drug-likeness (QED) is 0.347. The van der Waals surface area contributed by atoms with Crippen molar-refractivity contribution in [3.63, 3.8) is 0 Å². The second kappa shape index (κ2) is 7.94. The van der Waals surface area contributed by atoms with Gasteiger partial charge < -0.3 is 9.84 Å². The average molecular weight is 527 g/mol. The SMILES string of the molecule is Cc1noc([C@@H]2[C@@H](c3ccc(Cl)c(Cl)c3)[C@H](C(F)(F)F)N[C@@]23C(=O)Nc2ccccc23)c1[N+](=O)[O-]. The van der Waals surface area contributed by atoms with Gasteiger partial charge in [-0.2, -0.15) is 13.2 Å². The van der Waals surface area contributed by atoms with Crippen LogP contribution in [0.1, 0.15) is 34.4 Å². The van der Waals surface area contributed by atoms with Crippen molar-refractivity contribution in [3.05, 3.63) is 85.2 Å². The van der Waals surface area contributed by atoms with Crippen LogP contribution in [0.3, 0.4) is 0 Å². The van der Waals surface area contributed by atoms with Gasteiger partial charge in [0.05, 0.1) is 20.9 Å². The number of carbonyl (C=O) groups excluding carboxylic acids is 1. The number of anilines is 1. The van der Waals surface area contributed by atoms with Gasteiger partial charge in [-0.05, 0) is 30.7 Å². The number of nitro groups is 1. The Morgan fingerprint density at radius 1 is 1.17 bits per heavy atom. The minimum absolute atomic E-state index is 0.00989. The highest BCUT2D eigenvalue weighted by molar-refractivity contribution is 6.42. The van der Waals surface area contributed by atoms with E-state index in [0.717, 1.165) is 0 Å². The Morgan fingerprint density at radius 3 is 2.54 bits per heavy atom. The summed E-state index contributed by atoms with van der Waals surface area (Å²) in [5.74, 6) is -4.33. The molecule has 0 unspecified atom stereocenters. The number of nitrogens with zero attached hydrogens (tertiary/aromatic N) is 2. The summed E-state index contributed by atoms with van der Waals surface area (Å²) in [6.07, 6.45) is -4.86. The number of aryl methyl sites for hydroxylation is 1. The summed E-state index contributed by atoms with van der Waals surface area (Å²) >= 11 is 12.1. The zero-order valence-electron chi connectivity index (χ0n) is 17.7. The molecule has 2 N–H and O–H groups in total. The summed E-state index contributed by atoms with van der Waals surface area (Å²) in [6.45, 7) is 1.30. The molecule has 0 aliphatic carbocycles. The first-order chi connectivity index (χ1) is 16.5. The van der Waals surface area contributed by atoms with E-state index in [1.807, 2.05) is 0 Å². The molecule has 3 aromatic rings. The van der Waals surface area contributed by atoms with Crippen molar-refractivity contribution in [1.29, 1.82) is 0 Å². The number of amides is 1. The molecule has 0 radical (unpaired) electrons. The summed E-state index contributed by atoms with van der Waals surface area (Å²) in [5.41, 5.74) is -2.22. The zero-order chi connectivity index (χ0) is 25.3. The Kier molecular flexibility index (Phi) is 5.35. The number of fused-ring (bicyclic) bond motifs is 2. The molecule has 1 fully saturated rings. The van der Waals surface area contributed by atoms with Crippen LogP contribution in [0, 0.1) is 17.0 Å². The molecule has 1 aromatic heterocycles. The molecule has 1 amide bonds. The molecule has 4 atom stereocenters. The Bertz CT molecular complexity index is 1380. The van der Waals surface area contributed by atoms with E-state index in [4.69, 9.17) is 27.7 Å². The molecule has 182 valence electrons. The van der Waals surface area contributed by atoms with Gasteiger partial charge in [0.25, 0.3) is 0 Å². The first-order valence-electron chi connectivity index (χ1n) is 10.3. The van der Waals surface area contributed by atoms with E-state index in [2.05, 4.69) is 15.8 Å². The summed E-state index contributed by atoms with van der Waals surface area (Å²) in [4.78, 5) is 24.6. The van der Waals surface area contributed by atoms with Crippen molar-refractivity contribution < 1.29 is 27.4 Å². The van der Waals surface area contributed by atoms with Gasteiger partial charge in [0, 0.05) is 17.2 Å². The predicted molar refractivity (Wildman–Crippen MR) is 120 cm³/mol. The van der Waals surface area contributed by atoms with Gasteiger partial charge in [0.1, 0.15) is 11.6 Å². The molecule has 1 spiro atoms. The Hall–Kier alpha value is -3.15. The topological polar surface area (TPSA) is 110 Å². The van der Waals surface area contributed by atoms with Crippen molar-refractivity contribution >= 4 is 40.5 Å². The maximum absolute atomic E-state index is 14.5. The summed E-state index contributed by atoms with van der Waals surface area (Å²) in [7, 11) is 0. The van der Waals surface area contributed by atoms with Crippen LogP contribution in [0.2, 0.25) is 10.0 Å². The first kappa shape index (κ1) is 23.6. The minimum Gasteiger partial charge on any atom is -0.353 e. The van der Waals surface area contributed by atoms with E-state index in [1.54, 1.807) is 12.1 Å². The van der Waals surface area contributed by atoms with E-state index in [9.17, 15) is 28.1 Å². The van der Waals surface area contributed by atoms with E-state index in [1.165, 1.54) is 37.3 Å². The first-order valence-corrected chi connectivity index (χ1v) is 11.0. The number of para-hydroxylation sites is 1. The molecular weight excluding hydrogens is 512 g/mol. The fourth-order valence-corrected chi connectivity index (χ4v) is 5.48. The summed E-state index contributed by atoms with van der Waals surface area (Å²) in [6, 6.07) is 7.84. The average Bonchev–Trinajstić information content (AvgIpc) is 3.42. The summed E-state index contributed by atoms with van der Waals surface area (Å²) in [5, 5.41) is 20.8. The largest absolute Gasteiger partial charge is 0.404 e. The number of hydrogen-bond donors (Lipinski definition) is 2. The van der Waals surface area contributed by atoms with Crippen LogP contribution >= 0.6 is 23.2 Å². The van der Waals surface area contributed by atoms with E-state index in [-0.39, 0.29) is 32.6 Å². The lowest BCUT2D eigenvalue weighted by Gasteiger charge is -2.29. The third-order valence-electron chi connectivity index (χ3n) is 6.53. The second-order valence-electron chi connectivity index (χ2n) is 8.39. The minimum atomic E-state index is -4.86. The maximum Gasteiger partial charge on any atom is 0.404 e. The molecule has 1 saturated heterocycles. The van der Waals surface area contributed by atoms with Gasteiger partial charge in [-0.25, -0.2) is 0 Å². The second-order valence-corrected chi connectivity index (χ2v) is 9.20. The molecule has 5 rings (SSSR count). The van der Waals surface area contributed by atoms with Gasteiger partial charge in [-0.3, -0.25) is 20.2 Å². The smallest absolute Gasteiger partial charge is 0.353 e. The Morgan fingerprint density at radius 2 is 1.89 bits per heavy atom. The molecule has 8 nitrogen and oxygen atoms in total. The van der Waals surface area contributed by atoms with Crippen LogP contribution in [0.5, 0.6) is 0 Å². The highest BCUT2D eigenvalue weighted by Crippen LogP contribution is 2.60. The molecule has 2 aliphatic heterocycles. The van der Waals surface area contributed by atoms with Gasteiger partial charge in [-0.1, -0.05) is 52.6 Å². The van der Waals surface area contributed by atoms with Crippen LogP contribution in [0.4, 0.5) is 24.5 Å². The number of carbonyl (C=O) groups is 1. The normalized spacial score (nSPS) is 25.7. The third kappa shape index (κ3) is 3.40. The van der Waals surface area contributed by atoms with Gasteiger partial charge in [-0.15, -0.1) is 0 Å². The zero-order valence-corrected chi connectivity index (χ0v) is 19.2. The van der Waals surface area contributed by atoms with Gasteiger partial charge in [0.15, 0.2) is 5.69 Å². The van der Waals surface area contributed by atoms with Crippen molar-refractivity contribution in [1.82, 2.24) is 10.5 Å². The maximum atomic E-state index is 14.5. The number of alkyl halides is 3. The lowest BCUT2D eigenvalue weighted by Crippen LogP contribution is -2.52. The Balaban J connectivity index is 1.86. The van der Waals surface area contributed by atoms with Crippen molar-refractivity contribution in [2.45, 2.75) is 36.5 Å². The molecular formula is C22H15Cl2F3N4O4. The van der Waals surface area contributed by atoms with E-state index >= 15 is 0 Å². The van der Waals surface area contributed by atoms with Crippen LogP contribution < -0.4 is 10.6 Å². The Labute approximate surface area is 205 Å². The molecule has 0 saturated carbocycles. The van der Waals surface area contributed by atoms with Crippen molar-refractivity contribution in [2.24, 2.45) is 0 Å². The summed E-state index contributed by atoms with van der Waals surface area (Å²) < 4.78 is 48.9. The number of nitrogens with one attached hydrogen (secondary N) is 2. The molecule has 0 bridgehead atoms. The molecule has 35 heavy (non-hydrogen) atoms. The number of hydrogen-bond acceptors (Lipinski definition) is 6. The van der Waals surface area contributed by atoms with Crippen LogP contribution in [0.25, 0.3) is 0 Å². The van der Waals surface area contributed by atoms with Gasteiger partial charge >= 0.3 is 11.9 Å². The highest BCUT2D eigenvalue weighted by atomic mass is 35.5. The number of aromatic nitrogens is 1. The lowest BCUT2D eigenvalue weighted by molar-refractivity contribution is -0.386. The van der Waals surface area contributed by atoms with Gasteiger partial charge in [0.2, 0.25) is 11.7 Å². The monoisotopic (exact) mass is 526 g/mol. The molecule has 2 aliphatic rings.